The van der Waals surface area contributed by atoms with Gasteiger partial charge in [0.15, 0.2) is 5.69 Å². The van der Waals surface area contributed by atoms with Crippen LogP contribution in [0, 0.1) is 0 Å². The van der Waals surface area contributed by atoms with Gasteiger partial charge in [-0.3, -0.25) is 9.89 Å². The molecule has 0 radical (unpaired) electrons. The van der Waals surface area contributed by atoms with E-state index in [2.05, 4.69) is 20.5 Å². The van der Waals surface area contributed by atoms with E-state index < -0.39 is 0 Å². The zero-order valence-corrected chi connectivity index (χ0v) is 14.2. The van der Waals surface area contributed by atoms with Crippen molar-refractivity contribution >= 4 is 28.1 Å². The minimum absolute atomic E-state index is 0.169. The number of H-pyrrole nitrogens is 1. The molecule has 0 aliphatic heterocycles. The van der Waals surface area contributed by atoms with Gasteiger partial charge in [0.1, 0.15) is 0 Å². The molecule has 1 amide bonds. The maximum atomic E-state index is 12.3. The number of hydrogen-bond acceptors (Lipinski definition) is 4. The van der Waals surface area contributed by atoms with Gasteiger partial charge in [-0.1, -0.05) is 48.5 Å². The number of aromatic amines is 1. The molecule has 0 atom stereocenters. The third-order valence-electron chi connectivity index (χ3n) is 3.93. The molecule has 25 heavy (non-hydrogen) atoms. The summed E-state index contributed by atoms with van der Waals surface area (Å²) in [7, 11) is 0. The highest BCUT2D eigenvalue weighted by Gasteiger charge is 2.13. The molecule has 6 heteroatoms. The van der Waals surface area contributed by atoms with Crippen molar-refractivity contribution in [3.8, 4) is 11.3 Å². The third-order valence-corrected chi connectivity index (χ3v) is 4.84. The van der Waals surface area contributed by atoms with Crippen molar-refractivity contribution in [3.63, 3.8) is 0 Å². The van der Waals surface area contributed by atoms with E-state index in [1.54, 1.807) is 11.3 Å². The van der Waals surface area contributed by atoms with Gasteiger partial charge < -0.3 is 5.32 Å². The summed E-state index contributed by atoms with van der Waals surface area (Å²) in [5, 5.41) is 13.8. The normalized spacial score (nSPS) is 10.9. The predicted molar refractivity (Wildman–Crippen MR) is 99.7 cm³/mol. The van der Waals surface area contributed by atoms with Crippen molar-refractivity contribution in [2.24, 2.45) is 0 Å². The standard InChI is InChI=1S/C19H16N4OS/c24-19(18-14-8-4-5-9-15(14)22-23-18)20-11-10-17-21-16(12-25-17)13-6-2-1-3-7-13/h1-9,12H,10-11H2,(H,20,24)(H,22,23). The van der Waals surface area contributed by atoms with Crippen LogP contribution in [0.4, 0.5) is 0 Å². The van der Waals surface area contributed by atoms with Crippen LogP contribution in [0.5, 0.6) is 0 Å². The Labute approximate surface area is 148 Å². The Bertz CT molecular complexity index is 1010. The van der Waals surface area contributed by atoms with Gasteiger partial charge in [0.05, 0.1) is 16.2 Å². The molecule has 4 aromatic rings. The fraction of sp³-hybridized carbons (Fsp3) is 0.105. The fourth-order valence-electron chi connectivity index (χ4n) is 2.67. The van der Waals surface area contributed by atoms with Crippen LogP contribution in [0.3, 0.4) is 0 Å². The van der Waals surface area contributed by atoms with E-state index in [1.165, 1.54) is 0 Å². The number of nitrogens with zero attached hydrogens (tertiary/aromatic N) is 2. The predicted octanol–water partition coefficient (Wildman–Crippen LogP) is 3.66. The Morgan fingerprint density at radius 2 is 1.88 bits per heavy atom. The SMILES string of the molecule is O=C(NCCc1nc(-c2ccccc2)cs1)c1n[nH]c2ccccc12. The van der Waals surface area contributed by atoms with Crippen LogP contribution in [0.1, 0.15) is 15.5 Å². The van der Waals surface area contributed by atoms with Crippen LogP contribution >= 0.6 is 11.3 Å². The molecular formula is C19H16N4OS. The summed E-state index contributed by atoms with van der Waals surface area (Å²) in [6.07, 6.45) is 0.700. The lowest BCUT2D eigenvalue weighted by atomic mass is 10.2. The lowest BCUT2D eigenvalue weighted by molar-refractivity contribution is 0.0950. The van der Waals surface area contributed by atoms with E-state index in [0.717, 1.165) is 27.2 Å². The number of nitrogens with one attached hydrogen (secondary N) is 2. The highest BCUT2D eigenvalue weighted by atomic mass is 32.1. The molecule has 0 aliphatic rings. The molecule has 5 nitrogen and oxygen atoms in total. The first kappa shape index (κ1) is 15.5. The first-order chi connectivity index (χ1) is 12.3. The van der Waals surface area contributed by atoms with Crippen molar-refractivity contribution < 1.29 is 4.79 Å². The zero-order chi connectivity index (χ0) is 17.1. The van der Waals surface area contributed by atoms with Gasteiger partial charge in [-0.2, -0.15) is 5.10 Å². The molecule has 0 unspecified atom stereocenters. The summed E-state index contributed by atoms with van der Waals surface area (Å²) in [4.78, 5) is 17.0. The van der Waals surface area contributed by atoms with Gasteiger partial charge in [-0.25, -0.2) is 4.98 Å². The molecule has 2 aromatic carbocycles. The Balaban J connectivity index is 1.38. The highest BCUT2D eigenvalue weighted by Crippen LogP contribution is 2.21. The minimum Gasteiger partial charge on any atom is -0.350 e. The van der Waals surface area contributed by atoms with Crippen LogP contribution in [-0.2, 0) is 6.42 Å². The van der Waals surface area contributed by atoms with Gasteiger partial charge in [0, 0.05) is 29.3 Å². The van der Waals surface area contributed by atoms with Crippen LogP contribution in [0.25, 0.3) is 22.2 Å². The smallest absolute Gasteiger partial charge is 0.272 e. The molecule has 4 rings (SSSR count). The monoisotopic (exact) mass is 348 g/mol. The van der Waals surface area contributed by atoms with Crippen molar-refractivity contribution in [3.05, 3.63) is 70.7 Å². The topological polar surface area (TPSA) is 70.7 Å². The first-order valence-corrected chi connectivity index (χ1v) is 8.90. The number of carbonyl (C=O) groups is 1. The summed E-state index contributed by atoms with van der Waals surface area (Å²) in [6.45, 7) is 0.530. The molecule has 0 aliphatic carbocycles. The van der Waals surface area contributed by atoms with Crippen molar-refractivity contribution in [1.29, 1.82) is 0 Å². The van der Waals surface area contributed by atoms with Crippen molar-refractivity contribution in [2.45, 2.75) is 6.42 Å². The molecule has 124 valence electrons. The van der Waals surface area contributed by atoms with E-state index >= 15 is 0 Å². The van der Waals surface area contributed by atoms with Crippen molar-refractivity contribution in [1.82, 2.24) is 20.5 Å². The van der Waals surface area contributed by atoms with Gasteiger partial charge in [0.2, 0.25) is 0 Å². The number of hydrogen-bond donors (Lipinski definition) is 2. The Morgan fingerprint density at radius 1 is 1.08 bits per heavy atom. The number of amides is 1. The number of para-hydroxylation sites is 1. The van der Waals surface area contributed by atoms with Crippen molar-refractivity contribution in [2.75, 3.05) is 6.54 Å². The number of thiazole rings is 1. The second kappa shape index (κ2) is 6.86. The number of fused-ring (bicyclic) bond motifs is 1. The van der Waals surface area contributed by atoms with Gasteiger partial charge in [-0.15, -0.1) is 11.3 Å². The Morgan fingerprint density at radius 3 is 2.76 bits per heavy atom. The molecular weight excluding hydrogens is 332 g/mol. The Hall–Kier alpha value is -2.99. The van der Waals surface area contributed by atoms with Gasteiger partial charge in [-0.05, 0) is 6.07 Å². The zero-order valence-electron chi connectivity index (χ0n) is 13.4. The highest BCUT2D eigenvalue weighted by molar-refractivity contribution is 7.09. The second-order valence-corrected chi connectivity index (χ2v) is 6.56. The second-order valence-electron chi connectivity index (χ2n) is 5.62. The molecule has 0 saturated carbocycles. The van der Waals surface area contributed by atoms with E-state index in [1.807, 2.05) is 60.0 Å². The molecule has 2 heterocycles. The summed E-state index contributed by atoms with van der Waals surface area (Å²) in [6, 6.07) is 17.7. The average molecular weight is 348 g/mol. The molecule has 0 spiro atoms. The van der Waals surface area contributed by atoms with Gasteiger partial charge in [0.25, 0.3) is 5.91 Å². The minimum atomic E-state index is -0.169. The molecule has 0 fully saturated rings. The quantitative estimate of drug-likeness (QED) is 0.578. The number of rotatable bonds is 5. The average Bonchev–Trinajstić information content (AvgIpc) is 3.29. The van der Waals surface area contributed by atoms with Crippen LogP contribution in [-0.4, -0.2) is 27.6 Å². The van der Waals surface area contributed by atoms with E-state index in [4.69, 9.17) is 0 Å². The number of carbonyl (C=O) groups excluding carboxylic acids is 1. The first-order valence-electron chi connectivity index (χ1n) is 8.02. The molecule has 0 bridgehead atoms. The molecule has 2 N–H and O–H groups in total. The van der Waals surface area contributed by atoms with Crippen LogP contribution < -0.4 is 5.32 Å². The largest absolute Gasteiger partial charge is 0.350 e. The summed E-state index contributed by atoms with van der Waals surface area (Å²) in [5.74, 6) is -0.169. The summed E-state index contributed by atoms with van der Waals surface area (Å²) >= 11 is 1.61. The maximum absolute atomic E-state index is 12.3. The van der Waals surface area contributed by atoms with Crippen LogP contribution in [0.2, 0.25) is 0 Å². The lowest BCUT2D eigenvalue weighted by Crippen LogP contribution is -2.26. The van der Waals surface area contributed by atoms with Crippen LogP contribution in [0.15, 0.2) is 60.0 Å². The molecule has 2 aromatic heterocycles. The summed E-state index contributed by atoms with van der Waals surface area (Å²) < 4.78 is 0. The maximum Gasteiger partial charge on any atom is 0.272 e. The van der Waals surface area contributed by atoms with E-state index in [0.29, 0.717) is 18.7 Å². The number of aromatic nitrogens is 3. The Kier molecular flexibility index (Phi) is 4.26. The summed E-state index contributed by atoms with van der Waals surface area (Å²) in [5.41, 5.74) is 3.38. The van der Waals surface area contributed by atoms with E-state index in [9.17, 15) is 4.79 Å². The third kappa shape index (κ3) is 3.29. The van der Waals surface area contributed by atoms with Gasteiger partial charge >= 0.3 is 0 Å². The molecule has 0 saturated heterocycles. The number of benzene rings is 2. The lowest BCUT2D eigenvalue weighted by Gasteiger charge is -2.01. The fourth-order valence-corrected chi connectivity index (χ4v) is 3.48. The van der Waals surface area contributed by atoms with E-state index in [-0.39, 0.29) is 5.91 Å².